The number of β-lactam (4-membered cyclic amide) rings is 1. The number of nitrogens with one attached hydrogen (secondary N) is 1. The van der Waals surface area contributed by atoms with Gasteiger partial charge in [0.25, 0.3) is 0 Å². The Balaban J connectivity index is 1.70. The summed E-state index contributed by atoms with van der Waals surface area (Å²) in [5, 5.41) is 22.0. The van der Waals surface area contributed by atoms with Crippen molar-refractivity contribution < 1.29 is 29.4 Å². The number of carbonyl (C=O) groups excluding carboxylic acids is 3. The van der Waals surface area contributed by atoms with Crippen molar-refractivity contribution in [3.05, 3.63) is 11.3 Å². The molecule has 5 N–H and O–H groups in total. The summed E-state index contributed by atoms with van der Waals surface area (Å²) in [5.74, 6) is -3.45. The van der Waals surface area contributed by atoms with Crippen molar-refractivity contribution >= 4 is 23.7 Å². The number of carboxylic acid groups (broad SMARTS) is 1. The van der Waals surface area contributed by atoms with Gasteiger partial charge in [-0.3, -0.25) is 19.3 Å². The Morgan fingerprint density at radius 1 is 1.36 bits per heavy atom. The zero-order valence-corrected chi connectivity index (χ0v) is 15.9. The molecule has 0 unspecified atom stereocenters. The molecule has 0 saturated carbocycles. The van der Waals surface area contributed by atoms with Crippen molar-refractivity contribution in [3.63, 3.8) is 0 Å². The van der Waals surface area contributed by atoms with Crippen molar-refractivity contribution in [1.29, 1.82) is 0 Å². The number of hydrogen-bond donors (Lipinski definition) is 4. The van der Waals surface area contributed by atoms with Gasteiger partial charge in [0.15, 0.2) is 0 Å². The minimum atomic E-state index is -1.16. The fourth-order valence-corrected chi connectivity index (χ4v) is 4.60. The van der Waals surface area contributed by atoms with E-state index in [-0.39, 0.29) is 41.9 Å². The number of aliphatic carboxylic acids is 1. The average molecular weight is 394 g/mol. The number of aliphatic hydroxyl groups excluding tert-OH is 1. The molecule has 0 aromatic carbocycles. The summed E-state index contributed by atoms with van der Waals surface area (Å²) in [6.45, 7) is 4.59. The summed E-state index contributed by atoms with van der Waals surface area (Å²) in [6.07, 6.45) is -0.243. The molecule has 3 rings (SSSR count). The van der Waals surface area contributed by atoms with E-state index in [0.29, 0.717) is 31.6 Å². The third-order valence-corrected chi connectivity index (χ3v) is 5.99. The van der Waals surface area contributed by atoms with Gasteiger partial charge in [0.1, 0.15) is 5.70 Å². The Bertz CT molecular complexity index is 748. The summed E-state index contributed by atoms with van der Waals surface area (Å²) in [7, 11) is 0. The summed E-state index contributed by atoms with van der Waals surface area (Å²) >= 11 is 0. The third-order valence-electron chi connectivity index (χ3n) is 5.99. The molecule has 0 aromatic rings. The largest absolute Gasteiger partial charge is 0.477 e. The molecule has 3 aliphatic heterocycles. The molecular formula is C18H26N4O6. The van der Waals surface area contributed by atoms with Crippen LogP contribution >= 0.6 is 0 Å². The molecule has 10 nitrogen and oxygen atoms in total. The van der Waals surface area contributed by atoms with Crippen molar-refractivity contribution in [3.8, 4) is 0 Å². The van der Waals surface area contributed by atoms with Crippen molar-refractivity contribution in [2.75, 3.05) is 26.2 Å². The molecule has 0 aromatic heterocycles. The second-order valence-corrected chi connectivity index (χ2v) is 7.84. The quantitative estimate of drug-likeness (QED) is 0.368. The van der Waals surface area contributed by atoms with Crippen molar-refractivity contribution in [2.24, 2.45) is 23.5 Å². The van der Waals surface area contributed by atoms with E-state index < -0.39 is 23.9 Å². The summed E-state index contributed by atoms with van der Waals surface area (Å²) in [6, 6.07) is -0.342. The van der Waals surface area contributed by atoms with Crippen molar-refractivity contribution in [1.82, 2.24) is 15.1 Å². The number of carboxylic acids is 1. The maximum absolute atomic E-state index is 12.4. The number of nitrogens with zero attached hydrogens (tertiary/aromatic N) is 2. The standard InChI is InChI=1S/C18H26N4O6/c1-8-11(7-21-4-3-10(6-21)16(25)20-5-12(19)24)15(18(27)28)22-14(8)13(9(2)23)17(22)26/h8-10,13-14,23H,3-7H2,1-2H3,(H2,19,24)(H,20,25)(H,27,28)/t8-,9+,10-,13+,14+/m0/s1. The van der Waals surface area contributed by atoms with E-state index in [1.54, 1.807) is 6.92 Å². The number of fused-ring (bicyclic) bond motifs is 1. The molecule has 2 saturated heterocycles. The van der Waals surface area contributed by atoms with Gasteiger partial charge in [-0.25, -0.2) is 4.79 Å². The smallest absolute Gasteiger partial charge is 0.352 e. The number of rotatable bonds is 7. The van der Waals surface area contributed by atoms with Crippen LogP contribution < -0.4 is 11.1 Å². The minimum Gasteiger partial charge on any atom is -0.477 e. The lowest BCUT2D eigenvalue weighted by atomic mass is 9.77. The first-order valence-corrected chi connectivity index (χ1v) is 9.39. The Hall–Kier alpha value is -2.46. The van der Waals surface area contributed by atoms with E-state index in [0.717, 1.165) is 0 Å². The average Bonchev–Trinajstić information content (AvgIpc) is 3.15. The van der Waals surface area contributed by atoms with Crippen LogP contribution in [0, 0.1) is 17.8 Å². The normalized spacial score (nSPS) is 30.8. The topological polar surface area (TPSA) is 153 Å². The van der Waals surface area contributed by atoms with Gasteiger partial charge in [-0.15, -0.1) is 0 Å². The highest BCUT2D eigenvalue weighted by atomic mass is 16.4. The first kappa shape index (κ1) is 20.3. The van der Waals surface area contributed by atoms with E-state index in [9.17, 15) is 29.4 Å². The maximum atomic E-state index is 12.4. The lowest BCUT2D eigenvalue weighted by Gasteiger charge is -2.46. The summed E-state index contributed by atoms with van der Waals surface area (Å²) < 4.78 is 0. The molecule has 0 bridgehead atoms. The van der Waals surface area contributed by atoms with E-state index >= 15 is 0 Å². The second kappa shape index (κ2) is 7.51. The Kier molecular flexibility index (Phi) is 5.44. The van der Waals surface area contributed by atoms with Crippen LogP contribution in [0.15, 0.2) is 11.3 Å². The van der Waals surface area contributed by atoms with Gasteiger partial charge >= 0.3 is 5.97 Å². The molecule has 0 spiro atoms. The van der Waals surface area contributed by atoms with Gasteiger partial charge in [0.05, 0.1) is 30.5 Å². The van der Waals surface area contributed by atoms with E-state index in [1.165, 1.54) is 4.90 Å². The number of hydrogen-bond acceptors (Lipinski definition) is 6. The lowest BCUT2D eigenvalue weighted by Crippen LogP contribution is -2.63. The highest BCUT2D eigenvalue weighted by molar-refractivity contribution is 6.00. The highest BCUT2D eigenvalue weighted by Crippen LogP contribution is 2.47. The highest BCUT2D eigenvalue weighted by Gasteiger charge is 2.59. The van der Waals surface area contributed by atoms with Crippen LogP contribution in [0.4, 0.5) is 0 Å². The molecule has 28 heavy (non-hydrogen) atoms. The predicted molar refractivity (Wildman–Crippen MR) is 96.4 cm³/mol. The minimum absolute atomic E-state index is 0.000954. The van der Waals surface area contributed by atoms with Crippen LogP contribution in [0.3, 0.4) is 0 Å². The van der Waals surface area contributed by atoms with Gasteiger partial charge in [-0.05, 0) is 25.5 Å². The SMILES string of the molecule is C[C@@H](O)[C@H]1C(=O)N2C(C(=O)O)=C(CN3CC[C@H](C(=O)NCC(N)=O)C3)[C@H](C)[C@H]12. The first-order valence-electron chi connectivity index (χ1n) is 9.39. The maximum Gasteiger partial charge on any atom is 0.352 e. The van der Waals surface area contributed by atoms with Crippen LogP contribution in [-0.2, 0) is 19.2 Å². The van der Waals surface area contributed by atoms with Gasteiger partial charge in [0.2, 0.25) is 17.7 Å². The predicted octanol–water partition coefficient (Wildman–Crippen LogP) is -1.89. The first-order chi connectivity index (χ1) is 13.1. The molecule has 0 aliphatic carbocycles. The van der Waals surface area contributed by atoms with E-state index in [2.05, 4.69) is 5.32 Å². The van der Waals surface area contributed by atoms with E-state index in [1.807, 2.05) is 11.8 Å². The molecule has 0 radical (unpaired) electrons. The van der Waals surface area contributed by atoms with Gasteiger partial charge in [-0.2, -0.15) is 0 Å². The molecule has 5 atom stereocenters. The molecule has 3 amide bonds. The van der Waals surface area contributed by atoms with Gasteiger partial charge < -0.3 is 26.2 Å². The number of aliphatic hydroxyl groups is 1. The molecule has 3 heterocycles. The van der Waals surface area contributed by atoms with Crippen LogP contribution in [0.2, 0.25) is 0 Å². The molecule has 2 fully saturated rings. The third kappa shape index (κ3) is 3.37. The van der Waals surface area contributed by atoms with Crippen LogP contribution in [0.25, 0.3) is 0 Å². The number of likely N-dealkylation sites (tertiary alicyclic amines) is 1. The summed E-state index contributed by atoms with van der Waals surface area (Å²) in [4.78, 5) is 50.4. The fourth-order valence-electron chi connectivity index (χ4n) is 4.60. The molecule has 3 aliphatic rings. The Labute approximate surface area is 162 Å². The number of primary amides is 1. The molecule has 154 valence electrons. The van der Waals surface area contributed by atoms with E-state index in [4.69, 9.17) is 5.73 Å². The number of nitrogens with two attached hydrogens (primary N) is 1. The lowest BCUT2D eigenvalue weighted by molar-refractivity contribution is -0.163. The monoisotopic (exact) mass is 394 g/mol. The summed E-state index contributed by atoms with van der Waals surface area (Å²) in [5.41, 5.74) is 5.68. The number of amides is 3. The molecular weight excluding hydrogens is 368 g/mol. The Morgan fingerprint density at radius 2 is 2.04 bits per heavy atom. The Morgan fingerprint density at radius 3 is 2.61 bits per heavy atom. The molecule has 10 heteroatoms. The zero-order valence-electron chi connectivity index (χ0n) is 15.9. The second-order valence-electron chi connectivity index (χ2n) is 7.84. The van der Waals surface area contributed by atoms with Gasteiger partial charge in [-0.1, -0.05) is 6.92 Å². The number of carbonyl (C=O) groups is 4. The van der Waals surface area contributed by atoms with Crippen molar-refractivity contribution in [2.45, 2.75) is 32.4 Å². The van der Waals surface area contributed by atoms with Crippen LogP contribution in [-0.4, -0.2) is 82.0 Å². The van der Waals surface area contributed by atoms with Crippen LogP contribution in [0.5, 0.6) is 0 Å². The van der Waals surface area contributed by atoms with Gasteiger partial charge in [0, 0.05) is 19.0 Å². The zero-order chi connectivity index (χ0) is 20.7. The fraction of sp³-hybridized carbons (Fsp3) is 0.667. The van der Waals surface area contributed by atoms with Crippen LogP contribution in [0.1, 0.15) is 20.3 Å².